The first-order chi connectivity index (χ1) is 26.3. The Morgan fingerprint density at radius 2 is 1.44 bits per heavy atom. The van der Waals surface area contributed by atoms with E-state index < -0.39 is 85.9 Å². The molecular weight excluding hydrogens is 749 g/mol. The summed E-state index contributed by atoms with van der Waals surface area (Å²) in [4.78, 5) is 73.1. The highest BCUT2D eigenvalue weighted by atomic mass is 32.2. The first kappa shape index (κ1) is 43.4. The summed E-state index contributed by atoms with van der Waals surface area (Å²) < 4.78 is 35.4. The number of alkyl carbamates (subject to hydrolysis) is 1. The molecule has 5 amide bonds. The minimum Gasteiger partial charge on any atom is -0.444 e. The molecule has 6 rings (SSSR count). The molecule has 0 aromatic carbocycles. The van der Waals surface area contributed by atoms with Gasteiger partial charge in [0.15, 0.2) is 0 Å². The summed E-state index contributed by atoms with van der Waals surface area (Å²) in [6.45, 7) is 22.1. The van der Waals surface area contributed by atoms with E-state index in [1.807, 2.05) is 27.7 Å². The Morgan fingerprint density at radius 1 is 0.825 bits per heavy atom. The first-order valence-corrected chi connectivity index (χ1v) is 22.6. The third-order valence-corrected chi connectivity index (χ3v) is 16.6. The average molecular weight is 817 g/mol. The number of nitrogens with one attached hydrogen (secondary N) is 4. The lowest BCUT2D eigenvalue weighted by Crippen LogP contribution is -2.63. The van der Waals surface area contributed by atoms with E-state index in [-0.39, 0.29) is 22.7 Å². The van der Waals surface area contributed by atoms with Gasteiger partial charge in [-0.25, -0.2) is 9.52 Å². The van der Waals surface area contributed by atoms with E-state index >= 15 is 4.79 Å². The molecule has 4 aliphatic carbocycles. The Kier molecular flexibility index (Phi) is 11.0. The van der Waals surface area contributed by atoms with Crippen LogP contribution in [0, 0.1) is 33.0 Å². The van der Waals surface area contributed by atoms with Gasteiger partial charge >= 0.3 is 16.3 Å². The zero-order chi connectivity index (χ0) is 42.2. The number of carbonyl (C=O) groups excluding carboxylic acids is 5. The van der Waals surface area contributed by atoms with Gasteiger partial charge in [-0.2, -0.15) is 12.7 Å². The highest BCUT2D eigenvalue weighted by molar-refractivity contribution is 7.87. The van der Waals surface area contributed by atoms with Crippen LogP contribution in [0.4, 0.5) is 4.79 Å². The summed E-state index contributed by atoms with van der Waals surface area (Å²) in [6.07, 6.45) is 10.1. The minimum atomic E-state index is -4.11. The lowest BCUT2D eigenvalue weighted by molar-refractivity contribution is -0.145. The molecule has 6 unspecified atom stereocenters. The van der Waals surface area contributed by atoms with Crippen molar-refractivity contribution in [1.29, 1.82) is 0 Å². The summed E-state index contributed by atoms with van der Waals surface area (Å²) in [7, 11) is -4.11. The number of hydrogen-bond donors (Lipinski definition) is 4. The smallest absolute Gasteiger partial charge is 0.408 e. The van der Waals surface area contributed by atoms with Gasteiger partial charge in [-0.15, -0.1) is 6.58 Å². The van der Waals surface area contributed by atoms with Crippen LogP contribution in [0.25, 0.3) is 0 Å². The molecule has 0 aromatic heterocycles. The molecule has 15 heteroatoms. The number of nitrogens with zero attached hydrogens (tertiary/aromatic N) is 2. The van der Waals surface area contributed by atoms with Crippen molar-refractivity contribution in [2.45, 2.75) is 169 Å². The number of hydrogen-bond acceptors (Lipinski definition) is 8. The SMILES string of the molecule is C=CC1CC1(NC(=O)C1CC2(CN1C(=O)C(NC(=O)C(NC(=O)OC(C)(C)C)C1(C)CCCCC1)C(C)(C)C)C(C)(C)C21CCC1)C(=O)NS(=O)(=O)N1CCCC1. The molecule has 2 saturated heterocycles. The molecule has 0 aromatic rings. The standard InChI is InChI=1S/C42H68N6O8S/c1-11-27-24-42(27,34(52)46-57(54,55)47-22-15-16-23-47)45-31(49)28-25-41(38(8,9)40(41)20-17-21-40)26-48(28)33(51)30(36(2,3)4)43-32(50)29(39(10)18-13-12-14-19-39)44-35(53)56-37(5,6)7/h11,27-30H,1,12-26H2,2-10H3,(H,43,50)(H,44,53)(H,45,49)(H,46,52). The van der Waals surface area contributed by atoms with Crippen molar-refractivity contribution in [1.82, 2.24) is 29.9 Å². The molecule has 57 heavy (non-hydrogen) atoms. The Bertz CT molecular complexity index is 1770. The van der Waals surface area contributed by atoms with Crippen LogP contribution in [-0.4, -0.2) is 96.2 Å². The molecule has 6 fully saturated rings. The van der Waals surface area contributed by atoms with Crippen LogP contribution < -0.4 is 20.7 Å². The lowest BCUT2D eigenvalue weighted by Gasteiger charge is -2.42. The van der Waals surface area contributed by atoms with Crippen LogP contribution in [0.2, 0.25) is 0 Å². The first-order valence-electron chi connectivity index (χ1n) is 21.2. The van der Waals surface area contributed by atoms with Crippen molar-refractivity contribution < 1.29 is 37.1 Å². The van der Waals surface area contributed by atoms with Gasteiger partial charge in [-0.3, -0.25) is 19.2 Å². The van der Waals surface area contributed by atoms with Gasteiger partial charge in [-0.1, -0.05) is 73.3 Å². The number of rotatable bonds is 11. The van der Waals surface area contributed by atoms with Crippen molar-refractivity contribution in [3.8, 4) is 0 Å². The Balaban J connectivity index is 1.29. The molecule has 2 spiro atoms. The van der Waals surface area contributed by atoms with Gasteiger partial charge in [0.05, 0.1) is 0 Å². The lowest BCUT2D eigenvalue weighted by atomic mass is 9.70. The maximum atomic E-state index is 15.2. The van der Waals surface area contributed by atoms with Crippen LogP contribution in [0.3, 0.4) is 0 Å². The highest BCUT2D eigenvalue weighted by Crippen LogP contribution is 2.88. The van der Waals surface area contributed by atoms with Crippen molar-refractivity contribution >= 4 is 39.9 Å². The fourth-order valence-corrected chi connectivity index (χ4v) is 12.6. The fourth-order valence-electron chi connectivity index (χ4n) is 11.3. The summed E-state index contributed by atoms with van der Waals surface area (Å²) in [5.41, 5.74) is -4.25. The highest BCUT2D eigenvalue weighted by Gasteiger charge is 2.85. The molecule has 4 N–H and O–H groups in total. The van der Waals surface area contributed by atoms with Crippen molar-refractivity contribution in [2.75, 3.05) is 19.6 Å². The zero-order valence-corrected chi connectivity index (χ0v) is 36.6. The molecular formula is C42H68N6O8S. The fraction of sp³-hybridized carbons (Fsp3) is 0.833. The third-order valence-electron chi connectivity index (χ3n) is 15.1. The zero-order valence-electron chi connectivity index (χ0n) is 35.8. The molecule has 6 aliphatic rings. The molecule has 6 atom stereocenters. The van der Waals surface area contributed by atoms with E-state index in [9.17, 15) is 27.6 Å². The van der Waals surface area contributed by atoms with Gasteiger partial charge in [-0.05, 0) is 93.8 Å². The topological polar surface area (TPSA) is 183 Å². The Labute approximate surface area is 340 Å². The second-order valence-electron chi connectivity index (χ2n) is 21.0. The van der Waals surface area contributed by atoms with E-state index in [0.717, 1.165) is 38.5 Å². The van der Waals surface area contributed by atoms with Crippen molar-refractivity contribution in [3.05, 3.63) is 12.7 Å². The normalized spacial score (nSPS) is 31.1. The summed E-state index contributed by atoms with van der Waals surface area (Å²) in [5, 5.41) is 8.88. The third kappa shape index (κ3) is 7.50. The largest absolute Gasteiger partial charge is 0.444 e. The Morgan fingerprint density at radius 3 is 1.93 bits per heavy atom. The molecule has 2 aliphatic heterocycles. The molecule has 14 nitrogen and oxygen atoms in total. The van der Waals surface area contributed by atoms with Crippen LogP contribution in [0.1, 0.15) is 139 Å². The predicted molar refractivity (Wildman–Crippen MR) is 215 cm³/mol. The van der Waals surface area contributed by atoms with E-state index in [1.54, 1.807) is 31.7 Å². The second kappa shape index (κ2) is 14.5. The number of amides is 5. The quantitative estimate of drug-likeness (QED) is 0.217. The molecule has 0 radical (unpaired) electrons. The summed E-state index contributed by atoms with van der Waals surface area (Å²) in [5.74, 6) is -2.76. The van der Waals surface area contributed by atoms with Crippen LogP contribution >= 0.6 is 0 Å². The Hall–Kier alpha value is -3.20. The van der Waals surface area contributed by atoms with Gasteiger partial charge in [0.2, 0.25) is 17.7 Å². The molecule has 4 saturated carbocycles. The number of fused-ring (bicyclic) bond motifs is 1. The van der Waals surface area contributed by atoms with Crippen LogP contribution in [-0.2, 0) is 34.1 Å². The molecule has 320 valence electrons. The van der Waals surface area contributed by atoms with Crippen molar-refractivity contribution in [3.63, 3.8) is 0 Å². The minimum absolute atomic E-state index is 0.0336. The predicted octanol–water partition coefficient (Wildman–Crippen LogP) is 4.70. The maximum Gasteiger partial charge on any atom is 0.408 e. The van der Waals surface area contributed by atoms with Crippen LogP contribution in [0.15, 0.2) is 12.7 Å². The van der Waals surface area contributed by atoms with Crippen LogP contribution in [0.5, 0.6) is 0 Å². The molecule has 2 heterocycles. The van der Waals surface area contributed by atoms with Gasteiger partial charge in [0, 0.05) is 31.0 Å². The van der Waals surface area contributed by atoms with E-state index in [0.29, 0.717) is 51.7 Å². The van der Waals surface area contributed by atoms with E-state index in [4.69, 9.17) is 4.74 Å². The second-order valence-corrected chi connectivity index (χ2v) is 22.7. The number of likely N-dealkylation sites (tertiary alicyclic amines) is 1. The van der Waals surface area contributed by atoms with E-state index in [2.05, 4.69) is 41.1 Å². The summed E-state index contributed by atoms with van der Waals surface area (Å²) in [6, 6.07) is -3.03. The van der Waals surface area contributed by atoms with Gasteiger partial charge in [0.25, 0.3) is 5.91 Å². The van der Waals surface area contributed by atoms with E-state index in [1.165, 1.54) is 4.31 Å². The number of carbonyl (C=O) groups is 5. The molecule has 0 bridgehead atoms. The van der Waals surface area contributed by atoms with Gasteiger partial charge < -0.3 is 25.6 Å². The summed E-state index contributed by atoms with van der Waals surface area (Å²) >= 11 is 0. The average Bonchev–Trinajstić information content (AvgIpc) is 3.54. The number of ether oxygens (including phenoxy) is 1. The van der Waals surface area contributed by atoms with Crippen molar-refractivity contribution in [2.24, 2.45) is 33.0 Å². The monoisotopic (exact) mass is 816 g/mol. The van der Waals surface area contributed by atoms with Gasteiger partial charge in [0.1, 0.15) is 29.3 Å². The maximum absolute atomic E-state index is 15.2.